The minimum absolute atomic E-state index is 0.0978. The van der Waals surface area contributed by atoms with E-state index in [-0.39, 0.29) is 19.0 Å². The molecule has 1 atom stereocenters. The van der Waals surface area contributed by atoms with Crippen LogP contribution in [-0.4, -0.2) is 17.2 Å². The second-order valence-electron chi connectivity index (χ2n) is 5.21. The summed E-state index contributed by atoms with van der Waals surface area (Å²) in [6.07, 6.45) is 5.99. The molecule has 0 amide bonds. The average Bonchev–Trinajstić information content (AvgIpc) is 2.46. The van der Waals surface area contributed by atoms with Crippen molar-refractivity contribution in [1.82, 2.24) is 0 Å². The third-order valence-electron chi connectivity index (χ3n) is 3.29. The van der Waals surface area contributed by atoms with Crippen LogP contribution in [0.15, 0.2) is 30.3 Å². The van der Waals surface area contributed by atoms with Crippen LogP contribution in [0.5, 0.6) is 0 Å². The van der Waals surface area contributed by atoms with Gasteiger partial charge in [0.1, 0.15) is 6.61 Å². The summed E-state index contributed by atoms with van der Waals surface area (Å²) in [7, 11) is 0. The highest BCUT2D eigenvalue weighted by Crippen LogP contribution is 2.10. The van der Waals surface area contributed by atoms with Gasteiger partial charge in [-0.25, -0.2) is 0 Å². The number of rotatable bonds is 10. The van der Waals surface area contributed by atoms with Gasteiger partial charge in [-0.2, -0.15) is 0 Å². The number of unbranched alkanes of at least 4 members (excludes halogenated alkanes) is 4. The van der Waals surface area contributed by atoms with Crippen molar-refractivity contribution >= 4 is 5.97 Å². The summed E-state index contributed by atoms with van der Waals surface area (Å²) >= 11 is 0. The van der Waals surface area contributed by atoms with Gasteiger partial charge in [0.2, 0.25) is 0 Å². The van der Waals surface area contributed by atoms with E-state index in [0.29, 0.717) is 6.42 Å². The molecule has 1 unspecified atom stereocenters. The van der Waals surface area contributed by atoms with Crippen molar-refractivity contribution in [3.8, 4) is 0 Å². The van der Waals surface area contributed by atoms with Crippen LogP contribution in [0.4, 0.5) is 0 Å². The van der Waals surface area contributed by atoms with Gasteiger partial charge in [-0.15, -0.1) is 0 Å². The molecule has 0 aliphatic heterocycles. The number of hydrogen-bond donors (Lipinski definition) is 1. The summed E-state index contributed by atoms with van der Waals surface area (Å²) < 4.78 is 5.14. The predicted octanol–water partition coefficient (Wildman–Crippen LogP) is 3.84. The van der Waals surface area contributed by atoms with Crippen LogP contribution in [-0.2, 0) is 16.1 Å². The highest BCUT2D eigenvalue weighted by molar-refractivity contribution is 5.69. The topological polar surface area (TPSA) is 46.5 Å². The van der Waals surface area contributed by atoms with E-state index in [2.05, 4.69) is 6.92 Å². The van der Waals surface area contributed by atoms with Gasteiger partial charge in [0, 0.05) is 0 Å². The van der Waals surface area contributed by atoms with Crippen LogP contribution in [0.1, 0.15) is 57.4 Å². The van der Waals surface area contributed by atoms with Gasteiger partial charge < -0.3 is 9.84 Å². The molecule has 20 heavy (non-hydrogen) atoms. The summed E-state index contributed by atoms with van der Waals surface area (Å²) in [5.41, 5.74) is 0.968. The molecule has 0 aliphatic carbocycles. The Morgan fingerprint density at radius 1 is 1.15 bits per heavy atom. The van der Waals surface area contributed by atoms with E-state index in [9.17, 15) is 9.90 Å². The lowest BCUT2D eigenvalue weighted by Gasteiger charge is -2.10. The summed E-state index contributed by atoms with van der Waals surface area (Å²) in [6, 6.07) is 9.57. The maximum atomic E-state index is 11.6. The molecular formula is C17H26O3. The smallest absolute Gasteiger partial charge is 0.308 e. The third kappa shape index (κ3) is 7.95. The Hall–Kier alpha value is -1.35. The normalized spacial score (nSPS) is 12.1. The molecule has 0 saturated carbocycles. The van der Waals surface area contributed by atoms with Crippen molar-refractivity contribution in [2.24, 2.45) is 0 Å². The Morgan fingerprint density at radius 2 is 1.85 bits per heavy atom. The SMILES string of the molecule is CCCCCCCC(O)CC(=O)OCc1ccccc1. The maximum absolute atomic E-state index is 11.6. The molecule has 0 aliphatic rings. The first-order chi connectivity index (χ1) is 9.72. The van der Waals surface area contributed by atoms with Gasteiger partial charge in [-0.3, -0.25) is 4.79 Å². The van der Waals surface area contributed by atoms with Gasteiger partial charge in [0.05, 0.1) is 12.5 Å². The van der Waals surface area contributed by atoms with Gasteiger partial charge in [0.25, 0.3) is 0 Å². The number of ether oxygens (including phenoxy) is 1. The molecule has 1 N–H and O–H groups in total. The molecule has 3 nitrogen and oxygen atoms in total. The fraction of sp³-hybridized carbons (Fsp3) is 0.588. The number of esters is 1. The third-order valence-corrected chi connectivity index (χ3v) is 3.29. The first-order valence-electron chi connectivity index (χ1n) is 7.60. The largest absolute Gasteiger partial charge is 0.461 e. The van der Waals surface area contributed by atoms with E-state index >= 15 is 0 Å². The van der Waals surface area contributed by atoms with Crippen molar-refractivity contribution in [2.75, 3.05) is 0 Å². The standard InChI is InChI=1S/C17H26O3/c1-2-3-4-5-9-12-16(18)13-17(19)20-14-15-10-7-6-8-11-15/h6-8,10-11,16,18H,2-5,9,12-14H2,1H3. The fourth-order valence-electron chi connectivity index (χ4n) is 2.07. The molecule has 112 valence electrons. The number of aliphatic hydroxyl groups is 1. The molecule has 1 rings (SSSR count). The molecule has 1 aromatic carbocycles. The van der Waals surface area contributed by atoms with Crippen LogP contribution in [0, 0.1) is 0 Å². The van der Waals surface area contributed by atoms with Crippen LogP contribution in [0.2, 0.25) is 0 Å². The number of benzene rings is 1. The van der Waals surface area contributed by atoms with Gasteiger partial charge in [-0.1, -0.05) is 69.4 Å². The number of carbonyl (C=O) groups excluding carboxylic acids is 1. The van der Waals surface area contributed by atoms with Crippen LogP contribution < -0.4 is 0 Å². The Balaban J connectivity index is 2.09. The Morgan fingerprint density at radius 3 is 2.55 bits per heavy atom. The Bertz CT molecular complexity index is 362. The van der Waals surface area contributed by atoms with E-state index < -0.39 is 6.10 Å². The van der Waals surface area contributed by atoms with E-state index in [4.69, 9.17) is 4.74 Å². The zero-order valence-electron chi connectivity index (χ0n) is 12.4. The monoisotopic (exact) mass is 278 g/mol. The quantitative estimate of drug-likeness (QED) is 0.522. The summed E-state index contributed by atoms with van der Waals surface area (Å²) in [5, 5.41) is 9.77. The minimum Gasteiger partial charge on any atom is -0.461 e. The minimum atomic E-state index is -0.570. The first kappa shape index (κ1) is 16.7. The summed E-state index contributed by atoms with van der Waals surface area (Å²) in [6.45, 7) is 2.46. The van der Waals surface area contributed by atoms with Crippen molar-refractivity contribution in [1.29, 1.82) is 0 Å². The van der Waals surface area contributed by atoms with Gasteiger partial charge >= 0.3 is 5.97 Å². The molecule has 0 heterocycles. The molecule has 1 aromatic rings. The molecule has 0 radical (unpaired) electrons. The molecular weight excluding hydrogens is 252 g/mol. The second kappa shape index (κ2) is 10.4. The van der Waals surface area contributed by atoms with Gasteiger partial charge in [-0.05, 0) is 12.0 Å². The average molecular weight is 278 g/mol. The second-order valence-corrected chi connectivity index (χ2v) is 5.21. The number of aliphatic hydroxyl groups excluding tert-OH is 1. The molecule has 0 saturated heterocycles. The zero-order valence-corrected chi connectivity index (χ0v) is 12.4. The number of carbonyl (C=O) groups is 1. The van der Waals surface area contributed by atoms with Crippen LogP contribution in [0.3, 0.4) is 0 Å². The van der Waals surface area contributed by atoms with Crippen LogP contribution >= 0.6 is 0 Å². The zero-order chi connectivity index (χ0) is 14.6. The predicted molar refractivity (Wildman–Crippen MR) is 80.2 cm³/mol. The Kier molecular flexibility index (Phi) is 8.72. The molecule has 3 heteroatoms. The number of hydrogen-bond acceptors (Lipinski definition) is 3. The lowest BCUT2D eigenvalue weighted by Crippen LogP contribution is -2.15. The molecule has 0 spiro atoms. The van der Waals surface area contributed by atoms with Crippen molar-refractivity contribution in [3.63, 3.8) is 0 Å². The van der Waals surface area contributed by atoms with Crippen molar-refractivity contribution in [3.05, 3.63) is 35.9 Å². The van der Waals surface area contributed by atoms with E-state index in [1.165, 1.54) is 19.3 Å². The van der Waals surface area contributed by atoms with Crippen molar-refractivity contribution < 1.29 is 14.6 Å². The van der Waals surface area contributed by atoms with E-state index in [1.54, 1.807) is 0 Å². The lowest BCUT2D eigenvalue weighted by molar-refractivity contribution is -0.147. The first-order valence-corrected chi connectivity index (χ1v) is 7.60. The summed E-state index contributed by atoms with van der Waals surface area (Å²) in [4.78, 5) is 11.6. The fourth-order valence-corrected chi connectivity index (χ4v) is 2.07. The van der Waals surface area contributed by atoms with Crippen molar-refractivity contribution in [2.45, 2.75) is 64.6 Å². The highest BCUT2D eigenvalue weighted by Gasteiger charge is 2.11. The highest BCUT2D eigenvalue weighted by atomic mass is 16.5. The maximum Gasteiger partial charge on any atom is 0.308 e. The molecule has 0 aromatic heterocycles. The van der Waals surface area contributed by atoms with E-state index in [1.807, 2.05) is 30.3 Å². The van der Waals surface area contributed by atoms with Gasteiger partial charge in [0.15, 0.2) is 0 Å². The van der Waals surface area contributed by atoms with Crippen LogP contribution in [0.25, 0.3) is 0 Å². The molecule has 0 fully saturated rings. The van der Waals surface area contributed by atoms with E-state index in [0.717, 1.165) is 18.4 Å². The lowest BCUT2D eigenvalue weighted by atomic mass is 10.1. The summed E-state index contributed by atoms with van der Waals surface area (Å²) in [5.74, 6) is -0.324. The Labute approximate surface area is 122 Å². The molecule has 0 bridgehead atoms.